The van der Waals surface area contributed by atoms with Crippen molar-refractivity contribution >= 4 is 34.3 Å². The standard InChI is InChI=1S/C26H24N4O3/c1-17(31)29-23-21-12-5-6-13-22(21)30(15-19-10-7-11-20(14-19)25(27)28)24(23)26(32)33-16-18-8-3-2-4-9-18/h2-14H,15-16H2,1H3,(H3,27,28)(H,29,31). The van der Waals surface area contributed by atoms with Crippen LogP contribution in [-0.2, 0) is 22.7 Å². The number of amides is 1. The van der Waals surface area contributed by atoms with Crippen LogP contribution in [0.5, 0.6) is 0 Å². The molecule has 0 saturated heterocycles. The predicted molar refractivity (Wildman–Crippen MR) is 128 cm³/mol. The number of hydrogen-bond donors (Lipinski definition) is 3. The number of anilines is 1. The summed E-state index contributed by atoms with van der Waals surface area (Å²) in [6.45, 7) is 1.85. The smallest absolute Gasteiger partial charge is 0.357 e. The molecule has 0 aliphatic carbocycles. The lowest BCUT2D eigenvalue weighted by Crippen LogP contribution is -2.17. The van der Waals surface area contributed by atoms with Crippen molar-refractivity contribution < 1.29 is 14.3 Å². The normalized spacial score (nSPS) is 10.7. The van der Waals surface area contributed by atoms with Crippen molar-refractivity contribution in [2.45, 2.75) is 20.1 Å². The van der Waals surface area contributed by atoms with E-state index in [4.69, 9.17) is 15.9 Å². The molecule has 4 aromatic rings. The van der Waals surface area contributed by atoms with E-state index in [9.17, 15) is 9.59 Å². The summed E-state index contributed by atoms with van der Waals surface area (Å²) in [5.74, 6) is -0.856. The molecule has 3 aromatic carbocycles. The number of carbonyl (C=O) groups excluding carboxylic acids is 2. The number of nitrogens with one attached hydrogen (secondary N) is 2. The number of ether oxygens (including phenoxy) is 1. The highest BCUT2D eigenvalue weighted by Gasteiger charge is 2.25. The Hall–Kier alpha value is -4.39. The Morgan fingerprint density at radius 3 is 2.39 bits per heavy atom. The predicted octanol–water partition coefficient (Wildman–Crippen LogP) is 4.29. The molecule has 4 N–H and O–H groups in total. The van der Waals surface area contributed by atoms with Gasteiger partial charge in [0.2, 0.25) is 5.91 Å². The van der Waals surface area contributed by atoms with Crippen molar-refractivity contribution in [3.8, 4) is 0 Å². The third-order valence-electron chi connectivity index (χ3n) is 5.26. The fourth-order valence-corrected chi connectivity index (χ4v) is 3.79. The average Bonchev–Trinajstić information content (AvgIpc) is 3.11. The van der Waals surface area contributed by atoms with Gasteiger partial charge >= 0.3 is 5.97 Å². The Labute approximate surface area is 191 Å². The number of nitrogen functional groups attached to an aromatic ring is 1. The van der Waals surface area contributed by atoms with Gasteiger partial charge in [-0.25, -0.2) is 4.79 Å². The van der Waals surface area contributed by atoms with E-state index in [0.717, 1.165) is 22.0 Å². The minimum absolute atomic E-state index is 0.0318. The molecule has 0 fully saturated rings. The van der Waals surface area contributed by atoms with Gasteiger partial charge in [-0.15, -0.1) is 0 Å². The molecule has 4 rings (SSSR count). The summed E-state index contributed by atoms with van der Waals surface area (Å²) in [5.41, 5.74) is 9.43. The lowest BCUT2D eigenvalue weighted by Gasteiger charge is -2.13. The van der Waals surface area contributed by atoms with Crippen LogP contribution in [0, 0.1) is 5.41 Å². The van der Waals surface area contributed by atoms with Crippen molar-refractivity contribution in [1.82, 2.24) is 4.57 Å². The lowest BCUT2D eigenvalue weighted by atomic mass is 10.1. The summed E-state index contributed by atoms with van der Waals surface area (Å²) in [6, 6.07) is 24.2. The van der Waals surface area contributed by atoms with Crippen LogP contribution in [0.1, 0.15) is 34.1 Å². The molecule has 0 spiro atoms. The number of carbonyl (C=O) groups is 2. The maximum absolute atomic E-state index is 13.3. The summed E-state index contributed by atoms with van der Waals surface area (Å²) in [6.07, 6.45) is 0. The summed E-state index contributed by atoms with van der Waals surface area (Å²) < 4.78 is 7.47. The van der Waals surface area contributed by atoms with Crippen molar-refractivity contribution in [3.05, 3.63) is 101 Å². The number of amidine groups is 1. The monoisotopic (exact) mass is 440 g/mol. The van der Waals surface area contributed by atoms with Crippen LogP contribution in [0.25, 0.3) is 10.9 Å². The molecule has 166 valence electrons. The summed E-state index contributed by atoms with van der Waals surface area (Å²) in [7, 11) is 0. The summed E-state index contributed by atoms with van der Waals surface area (Å²) in [4.78, 5) is 25.3. The van der Waals surface area contributed by atoms with E-state index in [1.807, 2.05) is 77.4 Å². The molecular weight excluding hydrogens is 416 g/mol. The van der Waals surface area contributed by atoms with E-state index in [1.165, 1.54) is 6.92 Å². The molecule has 0 aliphatic rings. The van der Waals surface area contributed by atoms with Crippen LogP contribution in [0.3, 0.4) is 0 Å². The first-order chi connectivity index (χ1) is 15.9. The Bertz CT molecular complexity index is 1340. The van der Waals surface area contributed by atoms with Crippen molar-refractivity contribution in [2.24, 2.45) is 5.73 Å². The number of aromatic nitrogens is 1. The van der Waals surface area contributed by atoms with Crippen LogP contribution in [0.15, 0.2) is 78.9 Å². The zero-order valence-electron chi connectivity index (χ0n) is 18.2. The highest BCUT2D eigenvalue weighted by molar-refractivity contribution is 6.11. The fourth-order valence-electron chi connectivity index (χ4n) is 3.79. The molecule has 1 heterocycles. The first-order valence-electron chi connectivity index (χ1n) is 10.5. The highest BCUT2D eigenvalue weighted by atomic mass is 16.5. The molecule has 0 bridgehead atoms. The molecule has 0 saturated carbocycles. The number of nitrogens with zero attached hydrogens (tertiary/aromatic N) is 1. The van der Waals surface area contributed by atoms with Crippen LogP contribution < -0.4 is 11.1 Å². The molecular formula is C26H24N4O3. The minimum Gasteiger partial charge on any atom is -0.456 e. The quantitative estimate of drug-likeness (QED) is 0.226. The van der Waals surface area contributed by atoms with Crippen LogP contribution in [0.4, 0.5) is 5.69 Å². The molecule has 7 heteroatoms. The van der Waals surface area contributed by atoms with Gasteiger partial charge in [-0.2, -0.15) is 0 Å². The van der Waals surface area contributed by atoms with Gasteiger partial charge in [0.1, 0.15) is 12.4 Å². The second-order valence-corrected chi connectivity index (χ2v) is 7.68. The first-order valence-corrected chi connectivity index (χ1v) is 10.5. The van der Waals surface area contributed by atoms with Gasteiger partial charge in [-0.05, 0) is 23.3 Å². The SMILES string of the molecule is CC(=O)Nc1c(C(=O)OCc2ccccc2)n(Cc2cccc(C(=N)N)c2)c2ccccc12. The number of esters is 1. The van der Waals surface area contributed by atoms with Crippen LogP contribution in [-0.4, -0.2) is 22.3 Å². The van der Waals surface area contributed by atoms with Gasteiger partial charge in [-0.1, -0.05) is 66.7 Å². The first kappa shape index (κ1) is 21.8. The van der Waals surface area contributed by atoms with Gasteiger partial charge in [0.25, 0.3) is 0 Å². The number of benzene rings is 3. The Balaban J connectivity index is 1.80. The molecule has 1 aromatic heterocycles. The van der Waals surface area contributed by atoms with E-state index in [0.29, 0.717) is 17.8 Å². The third-order valence-corrected chi connectivity index (χ3v) is 5.26. The van der Waals surface area contributed by atoms with E-state index < -0.39 is 5.97 Å². The topological polar surface area (TPSA) is 110 Å². The molecule has 1 amide bonds. The molecule has 7 nitrogen and oxygen atoms in total. The van der Waals surface area contributed by atoms with Crippen molar-refractivity contribution in [3.63, 3.8) is 0 Å². The van der Waals surface area contributed by atoms with Crippen LogP contribution >= 0.6 is 0 Å². The molecule has 33 heavy (non-hydrogen) atoms. The van der Waals surface area contributed by atoms with Crippen molar-refractivity contribution in [2.75, 3.05) is 5.32 Å². The Kier molecular flexibility index (Phi) is 6.22. The minimum atomic E-state index is -0.540. The summed E-state index contributed by atoms with van der Waals surface area (Å²) >= 11 is 0. The number of rotatable bonds is 7. The lowest BCUT2D eigenvalue weighted by molar-refractivity contribution is -0.114. The number of para-hydroxylation sites is 1. The van der Waals surface area contributed by atoms with Gasteiger partial charge in [-0.3, -0.25) is 10.2 Å². The van der Waals surface area contributed by atoms with E-state index >= 15 is 0 Å². The van der Waals surface area contributed by atoms with Crippen molar-refractivity contribution in [1.29, 1.82) is 5.41 Å². The van der Waals surface area contributed by atoms with Gasteiger partial charge in [0, 0.05) is 24.4 Å². The zero-order chi connectivity index (χ0) is 23.4. The van der Waals surface area contributed by atoms with Gasteiger partial charge in [0.15, 0.2) is 5.69 Å². The van der Waals surface area contributed by atoms with E-state index in [1.54, 1.807) is 6.07 Å². The molecule has 0 atom stereocenters. The second-order valence-electron chi connectivity index (χ2n) is 7.68. The van der Waals surface area contributed by atoms with E-state index in [2.05, 4.69) is 5.32 Å². The fraction of sp³-hybridized carbons (Fsp3) is 0.115. The number of nitrogens with two attached hydrogens (primary N) is 1. The molecule has 0 radical (unpaired) electrons. The van der Waals surface area contributed by atoms with Gasteiger partial charge in [0.05, 0.1) is 11.2 Å². The molecule has 0 aliphatic heterocycles. The zero-order valence-corrected chi connectivity index (χ0v) is 18.2. The maximum Gasteiger partial charge on any atom is 0.357 e. The second kappa shape index (κ2) is 9.40. The largest absolute Gasteiger partial charge is 0.456 e. The third kappa shape index (κ3) is 4.77. The van der Waals surface area contributed by atoms with Gasteiger partial charge < -0.3 is 20.4 Å². The Morgan fingerprint density at radius 1 is 0.970 bits per heavy atom. The number of fused-ring (bicyclic) bond motifs is 1. The van der Waals surface area contributed by atoms with Crippen LogP contribution in [0.2, 0.25) is 0 Å². The average molecular weight is 441 g/mol. The maximum atomic E-state index is 13.3. The van der Waals surface area contributed by atoms with E-state index in [-0.39, 0.29) is 24.0 Å². The molecule has 0 unspecified atom stereocenters. The Morgan fingerprint density at radius 2 is 1.67 bits per heavy atom. The summed E-state index contributed by atoms with van der Waals surface area (Å²) in [5, 5.41) is 11.3. The highest BCUT2D eigenvalue weighted by Crippen LogP contribution is 2.33. The number of hydrogen-bond acceptors (Lipinski definition) is 4.